The van der Waals surface area contributed by atoms with Gasteiger partial charge in [0.1, 0.15) is 0 Å². The third-order valence-electron chi connectivity index (χ3n) is 4.38. The van der Waals surface area contributed by atoms with Gasteiger partial charge in [0.05, 0.1) is 18.3 Å². The molecule has 3 nitrogen and oxygen atoms in total. The van der Waals surface area contributed by atoms with Crippen molar-refractivity contribution in [2.24, 2.45) is 5.92 Å². The first-order valence-corrected chi connectivity index (χ1v) is 7.47. The van der Waals surface area contributed by atoms with E-state index < -0.39 is 12.7 Å². The number of rotatable bonds is 4. The smallest absolute Gasteiger partial charge is 0.308 e. The molecule has 1 fully saturated rings. The van der Waals surface area contributed by atoms with Crippen LogP contribution in [0.4, 0.5) is 13.2 Å². The molecule has 1 saturated heterocycles. The zero-order valence-electron chi connectivity index (χ0n) is 11.9. The number of hydrogen-bond donors (Lipinski definition) is 1. The number of likely N-dealkylation sites (tertiary alicyclic amines) is 1. The standard InChI is InChI=1S/C15H20F3N3/c16-15(17,18)10-21-7-5-11(9-21)8-20-13-4-3-12-2-1-6-19-14(12)13/h1-2,6,11,13,20H,3-5,7-10H2. The summed E-state index contributed by atoms with van der Waals surface area (Å²) in [6, 6.07) is 4.32. The van der Waals surface area contributed by atoms with Crippen molar-refractivity contribution in [3.8, 4) is 0 Å². The van der Waals surface area contributed by atoms with E-state index in [1.54, 1.807) is 6.20 Å². The van der Waals surface area contributed by atoms with Gasteiger partial charge in [0.2, 0.25) is 0 Å². The van der Waals surface area contributed by atoms with E-state index >= 15 is 0 Å². The van der Waals surface area contributed by atoms with Crippen molar-refractivity contribution < 1.29 is 13.2 Å². The fraction of sp³-hybridized carbons (Fsp3) is 0.667. The van der Waals surface area contributed by atoms with Gasteiger partial charge in [-0.15, -0.1) is 0 Å². The van der Waals surface area contributed by atoms with E-state index in [0.717, 1.165) is 31.5 Å². The monoisotopic (exact) mass is 299 g/mol. The maximum Gasteiger partial charge on any atom is 0.401 e. The van der Waals surface area contributed by atoms with Crippen LogP contribution in [0.3, 0.4) is 0 Å². The maximum absolute atomic E-state index is 12.4. The molecule has 3 rings (SSSR count). The number of nitrogens with one attached hydrogen (secondary N) is 1. The van der Waals surface area contributed by atoms with Gasteiger partial charge in [-0.25, -0.2) is 0 Å². The number of aromatic nitrogens is 1. The van der Waals surface area contributed by atoms with Gasteiger partial charge in [0.15, 0.2) is 0 Å². The van der Waals surface area contributed by atoms with Gasteiger partial charge >= 0.3 is 6.18 Å². The van der Waals surface area contributed by atoms with E-state index in [1.165, 1.54) is 10.5 Å². The molecule has 1 aliphatic carbocycles. The van der Waals surface area contributed by atoms with Crippen LogP contribution >= 0.6 is 0 Å². The van der Waals surface area contributed by atoms with Crippen LogP contribution in [0.25, 0.3) is 0 Å². The van der Waals surface area contributed by atoms with E-state index in [-0.39, 0.29) is 6.04 Å². The molecule has 2 atom stereocenters. The maximum atomic E-state index is 12.4. The average molecular weight is 299 g/mol. The summed E-state index contributed by atoms with van der Waals surface area (Å²) in [4.78, 5) is 5.93. The van der Waals surface area contributed by atoms with Gasteiger partial charge in [0, 0.05) is 12.7 Å². The first kappa shape index (κ1) is 14.8. The van der Waals surface area contributed by atoms with Crippen LogP contribution in [-0.2, 0) is 6.42 Å². The van der Waals surface area contributed by atoms with E-state index in [0.29, 0.717) is 19.0 Å². The highest BCUT2D eigenvalue weighted by Gasteiger charge is 2.34. The van der Waals surface area contributed by atoms with Crippen molar-refractivity contribution in [2.75, 3.05) is 26.2 Å². The second-order valence-corrected chi connectivity index (χ2v) is 6.05. The summed E-state index contributed by atoms with van der Waals surface area (Å²) in [7, 11) is 0. The van der Waals surface area contributed by atoms with Crippen LogP contribution in [0.15, 0.2) is 18.3 Å². The number of pyridine rings is 1. The number of hydrogen-bond acceptors (Lipinski definition) is 3. The first-order chi connectivity index (χ1) is 10.0. The van der Waals surface area contributed by atoms with Crippen LogP contribution in [0.2, 0.25) is 0 Å². The van der Waals surface area contributed by atoms with Gasteiger partial charge in [-0.2, -0.15) is 13.2 Å². The molecule has 6 heteroatoms. The first-order valence-electron chi connectivity index (χ1n) is 7.47. The second-order valence-electron chi connectivity index (χ2n) is 6.05. The third kappa shape index (κ3) is 3.74. The second kappa shape index (κ2) is 5.93. The predicted molar refractivity (Wildman–Crippen MR) is 73.9 cm³/mol. The molecular weight excluding hydrogens is 279 g/mol. The molecule has 0 spiro atoms. The lowest BCUT2D eigenvalue weighted by Gasteiger charge is -2.19. The summed E-state index contributed by atoms with van der Waals surface area (Å²) in [5, 5.41) is 3.49. The van der Waals surface area contributed by atoms with Crippen LogP contribution in [0.1, 0.15) is 30.1 Å². The lowest BCUT2D eigenvalue weighted by Crippen LogP contribution is -2.34. The van der Waals surface area contributed by atoms with Gasteiger partial charge in [-0.1, -0.05) is 6.07 Å². The molecule has 0 radical (unpaired) electrons. The summed E-state index contributed by atoms with van der Waals surface area (Å²) < 4.78 is 37.1. The van der Waals surface area contributed by atoms with Crippen LogP contribution < -0.4 is 5.32 Å². The average Bonchev–Trinajstić information content (AvgIpc) is 3.01. The van der Waals surface area contributed by atoms with Crippen LogP contribution in [0.5, 0.6) is 0 Å². The molecular formula is C15H20F3N3. The topological polar surface area (TPSA) is 28.2 Å². The Morgan fingerprint density at radius 3 is 3.00 bits per heavy atom. The molecule has 1 aromatic heterocycles. The fourth-order valence-corrected chi connectivity index (χ4v) is 3.40. The Labute approximate surface area is 122 Å². The zero-order chi connectivity index (χ0) is 14.9. The minimum absolute atomic E-state index is 0.262. The molecule has 1 aromatic rings. The predicted octanol–water partition coefficient (Wildman–Crippen LogP) is 2.54. The van der Waals surface area contributed by atoms with Crippen LogP contribution in [0, 0.1) is 5.92 Å². The lowest BCUT2D eigenvalue weighted by molar-refractivity contribution is -0.143. The van der Waals surface area contributed by atoms with Crippen molar-refractivity contribution in [2.45, 2.75) is 31.5 Å². The molecule has 21 heavy (non-hydrogen) atoms. The molecule has 2 heterocycles. The van der Waals surface area contributed by atoms with Crippen molar-refractivity contribution >= 4 is 0 Å². The zero-order valence-corrected chi connectivity index (χ0v) is 11.9. The molecule has 0 aromatic carbocycles. The summed E-state index contributed by atoms with van der Waals surface area (Å²) >= 11 is 0. The normalized spacial score (nSPS) is 26.2. The van der Waals surface area contributed by atoms with Crippen LogP contribution in [-0.4, -0.2) is 42.2 Å². The number of alkyl halides is 3. The van der Waals surface area contributed by atoms with Crippen molar-refractivity contribution in [3.05, 3.63) is 29.6 Å². The molecule has 2 aliphatic rings. The van der Waals surface area contributed by atoms with E-state index in [2.05, 4.69) is 16.4 Å². The molecule has 1 aliphatic heterocycles. The quantitative estimate of drug-likeness (QED) is 0.926. The third-order valence-corrected chi connectivity index (χ3v) is 4.38. The van der Waals surface area contributed by atoms with Gasteiger partial charge in [-0.05, 0) is 49.9 Å². The summed E-state index contributed by atoms with van der Waals surface area (Å²) in [5.74, 6) is 0.306. The summed E-state index contributed by atoms with van der Waals surface area (Å²) in [6.45, 7) is 1.08. The number of aryl methyl sites for hydroxylation is 1. The Kier molecular flexibility index (Phi) is 4.17. The highest BCUT2D eigenvalue weighted by atomic mass is 19.4. The molecule has 0 amide bonds. The van der Waals surface area contributed by atoms with Crippen molar-refractivity contribution in [3.63, 3.8) is 0 Å². The molecule has 0 bridgehead atoms. The minimum Gasteiger partial charge on any atom is -0.308 e. The van der Waals surface area contributed by atoms with E-state index in [4.69, 9.17) is 0 Å². The van der Waals surface area contributed by atoms with E-state index in [9.17, 15) is 13.2 Å². The van der Waals surface area contributed by atoms with E-state index in [1.807, 2.05) is 6.07 Å². The Bertz CT molecular complexity index is 489. The molecule has 2 unspecified atom stereocenters. The highest BCUT2D eigenvalue weighted by Crippen LogP contribution is 2.29. The summed E-state index contributed by atoms with van der Waals surface area (Å²) in [6.07, 6.45) is 0.623. The Hall–Kier alpha value is -1.14. The number of fused-ring (bicyclic) bond motifs is 1. The van der Waals surface area contributed by atoms with Crippen molar-refractivity contribution in [1.82, 2.24) is 15.2 Å². The Balaban J connectivity index is 1.47. The number of nitrogens with zero attached hydrogens (tertiary/aromatic N) is 2. The Morgan fingerprint density at radius 2 is 2.19 bits per heavy atom. The summed E-state index contributed by atoms with van der Waals surface area (Å²) in [5.41, 5.74) is 2.41. The number of halogens is 3. The molecule has 1 N–H and O–H groups in total. The largest absolute Gasteiger partial charge is 0.401 e. The molecule has 0 saturated carbocycles. The van der Waals surface area contributed by atoms with Gasteiger partial charge in [0.25, 0.3) is 0 Å². The SMILES string of the molecule is FC(F)(F)CN1CCC(CNC2CCc3cccnc32)C1. The van der Waals surface area contributed by atoms with Gasteiger partial charge < -0.3 is 5.32 Å². The lowest BCUT2D eigenvalue weighted by atomic mass is 10.1. The Morgan fingerprint density at radius 1 is 1.33 bits per heavy atom. The van der Waals surface area contributed by atoms with Crippen molar-refractivity contribution in [1.29, 1.82) is 0 Å². The minimum atomic E-state index is -4.09. The fourth-order valence-electron chi connectivity index (χ4n) is 3.40. The van der Waals surface area contributed by atoms with Gasteiger partial charge in [-0.3, -0.25) is 9.88 Å². The molecule has 116 valence electrons. The highest BCUT2D eigenvalue weighted by molar-refractivity contribution is 5.27.